The van der Waals surface area contributed by atoms with E-state index in [9.17, 15) is 9.18 Å². The summed E-state index contributed by atoms with van der Waals surface area (Å²) in [6.45, 7) is 0. The predicted octanol–water partition coefficient (Wildman–Crippen LogP) is 0.762. The summed E-state index contributed by atoms with van der Waals surface area (Å²) in [6, 6.07) is 0. The molecule has 0 aliphatic heterocycles. The van der Waals surface area contributed by atoms with E-state index < -0.39 is 11.1 Å². The Morgan fingerprint density at radius 1 is 2.00 bits per heavy atom. The van der Waals surface area contributed by atoms with Crippen LogP contribution >= 0.6 is 15.9 Å². The van der Waals surface area contributed by atoms with Crippen LogP contribution in [0.4, 0.5) is 4.39 Å². The van der Waals surface area contributed by atoms with Crippen LogP contribution in [0.25, 0.3) is 0 Å². The highest BCUT2D eigenvalue weighted by atomic mass is 79.9. The minimum Gasteiger partial charge on any atom is -0.478 e. The largest absolute Gasteiger partial charge is 0.478 e. The molecule has 0 bridgehead atoms. The molecule has 6 heavy (non-hydrogen) atoms. The van der Waals surface area contributed by atoms with Crippen LogP contribution in [-0.4, -0.2) is 16.2 Å². The minimum atomic E-state index is -1.92. The van der Waals surface area contributed by atoms with E-state index in [0.29, 0.717) is 0 Å². The Hall–Kier alpha value is -0.120. The van der Waals surface area contributed by atoms with Gasteiger partial charge in [-0.15, -0.1) is 0 Å². The average molecular weight is 157 g/mol. The Morgan fingerprint density at radius 3 is 2.17 bits per heavy atom. The van der Waals surface area contributed by atoms with E-state index in [1.165, 1.54) is 0 Å². The zero-order valence-electron chi connectivity index (χ0n) is 2.69. The first-order valence-electron chi connectivity index (χ1n) is 1.15. The standard InChI is InChI=1S/C2H2BrFO2/c3-1(4)2(5)6/h1H,(H,5,6)/t1-/m1/s1. The Labute approximate surface area is 42.1 Å². The number of carboxylic acid groups (broad SMARTS) is 1. The van der Waals surface area contributed by atoms with E-state index in [1.807, 2.05) is 0 Å². The summed E-state index contributed by atoms with van der Waals surface area (Å²) in [4.78, 5) is 9.28. The van der Waals surface area contributed by atoms with Crippen LogP contribution in [0.2, 0.25) is 0 Å². The van der Waals surface area contributed by atoms with Gasteiger partial charge in [-0.05, 0) is 15.9 Å². The van der Waals surface area contributed by atoms with Crippen molar-refractivity contribution < 1.29 is 14.3 Å². The molecular weight excluding hydrogens is 155 g/mol. The lowest BCUT2D eigenvalue weighted by atomic mass is 10.8. The van der Waals surface area contributed by atoms with Crippen molar-refractivity contribution in [3.05, 3.63) is 0 Å². The molecular formula is C2H2BrFO2. The van der Waals surface area contributed by atoms with Crippen LogP contribution in [0.3, 0.4) is 0 Å². The van der Waals surface area contributed by atoms with Crippen molar-refractivity contribution in [1.82, 2.24) is 0 Å². The zero-order valence-corrected chi connectivity index (χ0v) is 4.27. The second kappa shape index (κ2) is 2.12. The van der Waals surface area contributed by atoms with Gasteiger partial charge in [0.05, 0.1) is 0 Å². The lowest BCUT2D eigenvalue weighted by molar-refractivity contribution is -0.139. The number of halogens is 2. The van der Waals surface area contributed by atoms with Crippen molar-refractivity contribution >= 4 is 21.9 Å². The molecule has 0 aliphatic rings. The molecule has 0 unspecified atom stereocenters. The predicted molar refractivity (Wildman–Crippen MR) is 21.5 cm³/mol. The second-order valence-corrected chi connectivity index (χ2v) is 1.44. The van der Waals surface area contributed by atoms with Gasteiger partial charge < -0.3 is 5.11 Å². The summed E-state index contributed by atoms with van der Waals surface area (Å²) in [7, 11) is 0. The molecule has 0 saturated heterocycles. The molecule has 0 heterocycles. The molecule has 0 aliphatic carbocycles. The molecule has 4 heteroatoms. The molecule has 0 radical (unpaired) electrons. The highest BCUT2D eigenvalue weighted by molar-refractivity contribution is 9.09. The van der Waals surface area contributed by atoms with Crippen LogP contribution in [0.15, 0.2) is 0 Å². The van der Waals surface area contributed by atoms with Crippen LogP contribution in [0.5, 0.6) is 0 Å². The molecule has 1 atom stereocenters. The van der Waals surface area contributed by atoms with Crippen molar-refractivity contribution in [3.8, 4) is 0 Å². The zero-order chi connectivity index (χ0) is 5.15. The van der Waals surface area contributed by atoms with Gasteiger partial charge in [-0.25, -0.2) is 9.18 Å². The third kappa shape index (κ3) is 2.14. The van der Waals surface area contributed by atoms with Gasteiger partial charge in [-0.1, -0.05) is 0 Å². The molecule has 0 fully saturated rings. The minimum absolute atomic E-state index is 1.49. The van der Waals surface area contributed by atoms with E-state index in [0.717, 1.165) is 0 Å². The van der Waals surface area contributed by atoms with Gasteiger partial charge in [-0.3, -0.25) is 0 Å². The number of carboxylic acids is 1. The number of hydrogen-bond donors (Lipinski definition) is 1. The van der Waals surface area contributed by atoms with Crippen LogP contribution in [-0.2, 0) is 4.79 Å². The van der Waals surface area contributed by atoms with Crippen molar-refractivity contribution in [2.75, 3.05) is 0 Å². The van der Waals surface area contributed by atoms with Crippen LogP contribution in [0.1, 0.15) is 0 Å². The van der Waals surface area contributed by atoms with Crippen LogP contribution in [0, 0.1) is 0 Å². The molecule has 2 nitrogen and oxygen atoms in total. The van der Waals surface area contributed by atoms with Gasteiger partial charge in [0.15, 0.2) is 0 Å². The van der Waals surface area contributed by atoms with Gasteiger partial charge in [-0.2, -0.15) is 0 Å². The second-order valence-electron chi connectivity index (χ2n) is 0.639. The smallest absolute Gasteiger partial charge is 0.349 e. The summed E-state index contributed by atoms with van der Waals surface area (Å²) in [6.07, 6.45) is 0. The highest BCUT2D eigenvalue weighted by Crippen LogP contribution is 1.97. The molecule has 1 N–H and O–H groups in total. The van der Waals surface area contributed by atoms with Gasteiger partial charge in [0.1, 0.15) is 0 Å². The molecule has 0 amide bonds. The van der Waals surface area contributed by atoms with Crippen molar-refractivity contribution in [2.45, 2.75) is 5.08 Å². The van der Waals surface area contributed by atoms with Gasteiger partial charge in [0, 0.05) is 0 Å². The van der Waals surface area contributed by atoms with Crippen LogP contribution < -0.4 is 0 Å². The molecule has 0 aromatic heterocycles. The molecule has 0 aromatic carbocycles. The highest BCUT2D eigenvalue weighted by Gasteiger charge is 2.07. The topological polar surface area (TPSA) is 37.3 Å². The van der Waals surface area contributed by atoms with Crippen molar-refractivity contribution in [3.63, 3.8) is 0 Å². The maximum absolute atomic E-state index is 11.1. The summed E-state index contributed by atoms with van der Waals surface area (Å²) < 4.78 is 11.1. The molecule has 0 rings (SSSR count). The number of carbonyl (C=O) groups is 1. The van der Waals surface area contributed by atoms with E-state index >= 15 is 0 Å². The monoisotopic (exact) mass is 156 g/mol. The lowest BCUT2D eigenvalue weighted by Crippen LogP contribution is -2.04. The van der Waals surface area contributed by atoms with Crippen molar-refractivity contribution in [2.24, 2.45) is 0 Å². The Kier molecular flexibility index (Phi) is 2.08. The van der Waals surface area contributed by atoms with Gasteiger partial charge in [0.2, 0.25) is 0 Å². The SMILES string of the molecule is O=C(O)[C@@H](F)Br. The van der Waals surface area contributed by atoms with Gasteiger partial charge in [0.25, 0.3) is 5.08 Å². The Morgan fingerprint density at radius 2 is 2.17 bits per heavy atom. The fourth-order valence-corrected chi connectivity index (χ4v) is 0. The third-order valence-electron chi connectivity index (χ3n) is 0.187. The normalized spacial score (nSPS) is 13.7. The van der Waals surface area contributed by atoms with E-state index in [4.69, 9.17) is 5.11 Å². The number of aliphatic carboxylic acids is 1. The van der Waals surface area contributed by atoms with Crippen molar-refractivity contribution in [1.29, 1.82) is 0 Å². The average Bonchev–Trinajstić information content (AvgIpc) is 1.36. The molecule has 0 saturated carbocycles. The Balaban J connectivity index is 3.26. The van der Waals surface area contributed by atoms with Gasteiger partial charge >= 0.3 is 5.97 Å². The fraction of sp³-hybridized carbons (Fsp3) is 0.500. The lowest BCUT2D eigenvalue weighted by Gasteiger charge is -1.83. The summed E-state index contributed by atoms with van der Waals surface area (Å²) in [5.41, 5.74) is 0. The van der Waals surface area contributed by atoms with E-state index in [1.54, 1.807) is 0 Å². The number of rotatable bonds is 1. The summed E-state index contributed by atoms with van der Waals surface area (Å²) >= 11 is 2.17. The quantitative estimate of drug-likeness (QED) is 0.570. The Bertz CT molecular complexity index is 62.6. The maximum Gasteiger partial charge on any atom is 0.349 e. The molecule has 36 valence electrons. The number of alkyl halides is 2. The summed E-state index contributed by atoms with van der Waals surface area (Å²) in [5.74, 6) is -1.49. The molecule has 0 spiro atoms. The van der Waals surface area contributed by atoms with E-state index in [2.05, 4.69) is 15.9 Å². The number of hydrogen-bond acceptors (Lipinski definition) is 1. The fourth-order valence-electron chi connectivity index (χ4n) is 0. The summed E-state index contributed by atoms with van der Waals surface area (Å²) in [5, 5.41) is 5.65. The molecule has 0 aromatic rings. The first-order valence-corrected chi connectivity index (χ1v) is 2.07. The first kappa shape index (κ1) is 5.88. The van der Waals surface area contributed by atoms with E-state index in [-0.39, 0.29) is 0 Å². The maximum atomic E-state index is 11.1. The third-order valence-corrected chi connectivity index (χ3v) is 0.578. The first-order chi connectivity index (χ1) is 2.64.